The molecule has 0 amide bonds. The van der Waals surface area contributed by atoms with Gasteiger partial charge < -0.3 is 9.84 Å². The van der Waals surface area contributed by atoms with Crippen molar-refractivity contribution in [2.45, 2.75) is 45.0 Å². The average molecular weight is 130 g/mol. The molecule has 2 atom stereocenters. The molecular formula is C7H14O2. The summed E-state index contributed by atoms with van der Waals surface area (Å²) in [7, 11) is 0. The van der Waals surface area contributed by atoms with E-state index >= 15 is 0 Å². The van der Waals surface area contributed by atoms with Crippen LogP contribution in [0.3, 0.4) is 0 Å². The van der Waals surface area contributed by atoms with E-state index in [9.17, 15) is 0 Å². The van der Waals surface area contributed by atoms with Crippen molar-refractivity contribution in [2.75, 3.05) is 0 Å². The van der Waals surface area contributed by atoms with Gasteiger partial charge in [0.2, 0.25) is 0 Å². The zero-order valence-corrected chi connectivity index (χ0v) is 5.84. The molecular weight excluding hydrogens is 116 g/mol. The first-order valence-corrected chi connectivity index (χ1v) is 3.66. The fourth-order valence-corrected chi connectivity index (χ4v) is 1.18. The molecule has 1 aliphatic heterocycles. The first-order valence-electron chi connectivity index (χ1n) is 3.66. The van der Waals surface area contributed by atoms with Gasteiger partial charge in [0.05, 0.1) is 6.10 Å². The molecule has 0 radical (unpaired) electrons. The molecule has 0 aliphatic carbocycles. The Morgan fingerprint density at radius 1 is 1.56 bits per heavy atom. The SMILES string of the molecule is CCC1CCCC(O)O1. The van der Waals surface area contributed by atoms with E-state index in [2.05, 4.69) is 6.92 Å². The third-order valence-corrected chi connectivity index (χ3v) is 1.78. The molecule has 9 heavy (non-hydrogen) atoms. The van der Waals surface area contributed by atoms with Crippen molar-refractivity contribution < 1.29 is 9.84 Å². The highest BCUT2D eigenvalue weighted by Gasteiger charge is 2.17. The smallest absolute Gasteiger partial charge is 0.154 e. The maximum Gasteiger partial charge on any atom is 0.154 e. The number of hydrogen-bond acceptors (Lipinski definition) is 2. The van der Waals surface area contributed by atoms with Crippen LogP contribution in [0.1, 0.15) is 32.6 Å². The van der Waals surface area contributed by atoms with E-state index in [1.54, 1.807) is 0 Å². The number of hydrogen-bond donors (Lipinski definition) is 1. The Morgan fingerprint density at radius 2 is 2.33 bits per heavy atom. The summed E-state index contributed by atoms with van der Waals surface area (Å²) in [5, 5.41) is 8.99. The lowest BCUT2D eigenvalue weighted by Crippen LogP contribution is -2.26. The molecule has 2 nitrogen and oxygen atoms in total. The lowest BCUT2D eigenvalue weighted by molar-refractivity contribution is -0.162. The van der Waals surface area contributed by atoms with Crippen LogP contribution in [0.4, 0.5) is 0 Å². The molecule has 0 aromatic heterocycles. The van der Waals surface area contributed by atoms with Crippen LogP contribution in [0.5, 0.6) is 0 Å². The summed E-state index contributed by atoms with van der Waals surface area (Å²) in [5.74, 6) is 0. The number of ether oxygens (including phenoxy) is 1. The fourth-order valence-electron chi connectivity index (χ4n) is 1.18. The number of aliphatic hydroxyl groups is 1. The molecule has 1 saturated heterocycles. The molecule has 1 fully saturated rings. The molecule has 1 N–H and O–H groups in total. The Kier molecular flexibility index (Phi) is 2.49. The zero-order valence-electron chi connectivity index (χ0n) is 5.84. The van der Waals surface area contributed by atoms with Gasteiger partial charge in [0.1, 0.15) is 0 Å². The van der Waals surface area contributed by atoms with Gasteiger partial charge in [0.25, 0.3) is 0 Å². The van der Waals surface area contributed by atoms with Crippen molar-refractivity contribution in [3.05, 3.63) is 0 Å². The van der Waals surface area contributed by atoms with Gasteiger partial charge >= 0.3 is 0 Å². The van der Waals surface area contributed by atoms with Crippen molar-refractivity contribution in [3.8, 4) is 0 Å². The molecule has 0 bridgehead atoms. The van der Waals surface area contributed by atoms with Crippen molar-refractivity contribution in [1.82, 2.24) is 0 Å². The Morgan fingerprint density at radius 3 is 2.78 bits per heavy atom. The summed E-state index contributed by atoms with van der Waals surface area (Å²) in [6.07, 6.45) is 3.90. The summed E-state index contributed by atoms with van der Waals surface area (Å²) in [5.41, 5.74) is 0. The fraction of sp³-hybridized carbons (Fsp3) is 1.00. The predicted octanol–water partition coefficient (Wildman–Crippen LogP) is 1.28. The molecule has 0 aromatic carbocycles. The van der Waals surface area contributed by atoms with E-state index in [-0.39, 0.29) is 0 Å². The van der Waals surface area contributed by atoms with Gasteiger partial charge in [0, 0.05) is 0 Å². The first-order chi connectivity index (χ1) is 4.33. The van der Waals surface area contributed by atoms with Crippen molar-refractivity contribution in [2.24, 2.45) is 0 Å². The molecule has 0 aromatic rings. The summed E-state index contributed by atoms with van der Waals surface area (Å²) < 4.78 is 5.19. The van der Waals surface area contributed by atoms with Crippen LogP contribution in [0, 0.1) is 0 Å². The van der Waals surface area contributed by atoms with Crippen LogP contribution >= 0.6 is 0 Å². The van der Waals surface area contributed by atoms with Gasteiger partial charge in [-0.15, -0.1) is 0 Å². The van der Waals surface area contributed by atoms with Gasteiger partial charge in [-0.1, -0.05) is 6.92 Å². The quantitative estimate of drug-likeness (QED) is 0.579. The summed E-state index contributed by atoms with van der Waals surface area (Å²) in [6, 6.07) is 0. The normalized spacial score (nSPS) is 36.7. The Bertz CT molecular complexity index is 83.0. The van der Waals surface area contributed by atoms with Gasteiger partial charge in [-0.2, -0.15) is 0 Å². The standard InChI is InChI=1S/C7H14O2/c1-2-6-4-3-5-7(8)9-6/h6-8H,2-5H2,1H3. The van der Waals surface area contributed by atoms with Crippen LogP contribution < -0.4 is 0 Å². The van der Waals surface area contributed by atoms with E-state index in [4.69, 9.17) is 9.84 Å². The third kappa shape index (κ3) is 1.95. The van der Waals surface area contributed by atoms with Crippen LogP contribution in [-0.4, -0.2) is 17.5 Å². The summed E-state index contributed by atoms with van der Waals surface area (Å²) >= 11 is 0. The van der Waals surface area contributed by atoms with E-state index in [0.717, 1.165) is 25.7 Å². The maximum absolute atomic E-state index is 8.99. The van der Waals surface area contributed by atoms with Crippen molar-refractivity contribution in [1.29, 1.82) is 0 Å². The molecule has 1 heterocycles. The molecule has 1 aliphatic rings. The Hall–Kier alpha value is -0.0800. The van der Waals surface area contributed by atoms with Gasteiger partial charge in [-0.05, 0) is 25.7 Å². The minimum Gasteiger partial charge on any atom is -0.368 e. The third-order valence-electron chi connectivity index (χ3n) is 1.78. The molecule has 1 rings (SSSR count). The lowest BCUT2D eigenvalue weighted by Gasteiger charge is -2.25. The van der Waals surface area contributed by atoms with Crippen molar-refractivity contribution in [3.63, 3.8) is 0 Å². The minimum atomic E-state index is -0.483. The second kappa shape index (κ2) is 3.18. The van der Waals surface area contributed by atoms with E-state index in [0.29, 0.717) is 6.10 Å². The first kappa shape index (κ1) is 7.03. The highest BCUT2D eigenvalue weighted by Crippen LogP contribution is 2.18. The van der Waals surface area contributed by atoms with Crippen LogP contribution in [0.2, 0.25) is 0 Å². The summed E-state index contributed by atoms with van der Waals surface area (Å²) in [4.78, 5) is 0. The second-order valence-electron chi connectivity index (χ2n) is 2.55. The average Bonchev–Trinajstić information content (AvgIpc) is 1.88. The molecule has 54 valence electrons. The summed E-state index contributed by atoms with van der Waals surface area (Å²) in [6.45, 7) is 2.09. The lowest BCUT2D eigenvalue weighted by atomic mass is 10.1. The van der Waals surface area contributed by atoms with Gasteiger partial charge in [0.15, 0.2) is 6.29 Å². The Balaban J connectivity index is 2.23. The van der Waals surface area contributed by atoms with Gasteiger partial charge in [-0.3, -0.25) is 0 Å². The number of rotatable bonds is 1. The highest BCUT2D eigenvalue weighted by molar-refractivity contribution is 4.62. The van der Waals surface area contributed by atoms with Crippen LogP contribution in [-0.2, 0) is 4.74 Å². The monoisotopic (exact) mass is 130 g/mol. The Labute approximate surface area is 55.8 Å². The topological polar surface area (TPSA) is 29.5 Å². The molecule has 0 spiro atoms. The molecule has 2 heteroatoms. The predicted molar refractivity (Wildman–Crippen MR) is 35.0 cm³/mol. The van der Waals surface area contributed by atoms with Crippen molar-refractivity contribution >= 4 is 0 Å². The minimum absolute atomic E-state index is 0.314. The zero-order chi connectivity index (χ0) is 6.69. The van der Waals surface area contributed by atoms with Crippen LogP contribution in [0.25, 0.3) is 0 Å². The van der Waals surface area contributed by atoms with E-state index < -0.39 is 6.29 Å². The van der Waals surface area contributed by atoms with Gasteiger partial charge in [-0.25, -0.2) is 0 Å². The number of aliphatic hydroxyl groups excluding tert-OH is 1. The van der Waals surface area contributed by atoms with E-state index in [1.165, 1.54) is 0 Å². The highest BCUT2D eigenvalue weighted by atomic mass is 16.6. The van der Waals surface area contributed by atoms with Crippen LogP contribution in [0.15, 0.2) is 0 Å². The van der Waals surface area contributed by atoms with E-state index in [1.807, 2.05) is 0 Å². The molecule has 0 saturated carbocycles. The molecule has 2 unspecified atom stereocenters. The maximum atomic E-state index is 8.99. The second-order valence-corrected chi connectivity index (χ2v) is 2.55. The largest absolute Gasteiger partial charge is 0.368 e.